The molecule has 2 aromatic rings. The zero-order valence-electron chi connectivity index (χ0n) is 11.2. The zero-order chi connectivity index (χ0) is 13.2. The monoisotopic (exact) mass is 257 g/mol. The second kappa shape index (κ2) is 5.03. The van der Waals surface area contributed by atoms with Gasteiger partial charge in [0.1, 0.15) is 0 Å². The molecule has 1 aliphatic carbocycles. The molecule has 2 N–H and O–H groups in total. The van der Waals surface area contributed by atoms with Gasteiger partial charge in [0.25, 0.3) is 5.91 Å². The van der Waals surface area contributed by atoms with Gasteiger partial charge in [0.15, 0.2) is 0 Å². The summed E-state index contributed by atoms with van der Waals surface area (Å²) in [5, 5.41) is 11.2. The SMILES string of the molecule is Cc1[nH]nc2ccc(C(=O)NCC3CCCC3)cc12. The van der Waals surface area contributed by atoms with Crippen LogP contribution >= 0.6 is 0 Å². The third-order valence-electron chi connectivity index (χ3n) is 4.03. The van der Waals surface area contributed by atoms with Gasteiger partial charge in [-0.3, -0.25) is 9.89 Å². The van der Waals surface area contributed by atoms with E-state index in [4.69, 9.17) is 0 Å². The Hall–Kier alpha value is -1.84. The van der Waals surface area contributed by atoms with Gasteiger partial charge in [0, 0.05) is 23.2 Å². The molecule has 3 rings (SSSR count). The molecule has 4 nitrogen and oxygen atoms in total. The van der Waals surface area contributed by atoms with E-state index >= 15 is 0 Å². The first-order chi connectivity index (χ1) is 9.24. The van der Waals surface area contributed by atoms with Gasteiger partial charge in [-0.1, -0.05) is 12.8 Å². The summed E-state index contributed by atoms with van der Waals surface area (Å²) in [6, 6.07) is 5.65. The van der Waals surface area contributed by atoms with Crippen LogP contribution in [0.15, 0.2) is 18.2 Å². The molecule has 0 aliphatic heterocycles. The number of hydrogen-bond donors (Lipinski definition) is 2. The molecule has 1 aliphatic rings. The minimum atomic E-state index is 0.0226. The minimum Gasteiger partial charge on any atom is -0.352 e. The third kappa shape index (κ3) is 2.48. The van der Waals surface area contributed by atoms with Crippen LogP contribution in [-0.2, 0) is 0 Å². The van der Waals surface area contributed by atoms with Crippen molar-refractivity contribution < 1.29 is 4.79 Å². The van der Waals surface area contributed by atoms with Crippen LogP contribution < -0.4 is 5.32 Å². The number of nitrogens with zero attached hydrogens (tertiary/aromatic N) is 1. The van der Waals surface area contributed by atoms with Gasteiger partial charge in [-0.2, -0.15) is 5.10 Å². The summed E-state index contributed by atoms with van der Waals surface area (Å²) in [5.74, 6) is 0.692. The van der Waals surface area contributed by atoms with Crippen LogP contribution in [0.1, 0.15) is 41.7 Å². The molecule has 1 aromatic carbocycles. The highest BCUT2D eigenvalue weighted by Gasteiger charge is 2.16. The van der Waals surface area contributed by atoms with Gasteiger partial charge in [-0.05, 0) is 43.9 Å². The summed E-state index contributed by atoms with van der Waals surface area (Å²) in [4.78, 5) is 12.1. The zero-order valence-corrected chi connectivity index (χ0v) is 11.2. The third-order valence-corrected chi connectivity index (χ3v) is 4.03. The van der Waals surface area contributed by atoms with Crippen molar-refractivity contribution in [1.82, 2.24) is 15.5 Å². The van der Waals surface area contributed by atoms with E-state index in [9.17, 15) is 4.79 Å². The second-order valence-corrected chi connectivity index (χ2v) is 5.44. The molecule has 4 heteroatoms. The smallest absolute Gasteiger partial charge is 0.251 e. The molecule has 0 spiro atoms. The Morgan fingerprint density at radius 1 is 1.42 bits per heavy atom. The highest BCUT2D eigenvalue weighted by molar-refractivity contribution is 5.98. The Balaban J connectivity index is 1.71. The van der Waals surface area contributed by atoms with Crippen molar-refractivity contribution in [1.29, 1.82) is 0 Å². The Labute approximate surface area is 112 Å². The lowest BCUT2D eigenvalue weighted by atomic mass is 10.1. The summed E-state index contributed by atoms with van der Waals surface area (Å²) in [6.07, 6.45) is 5.11. The number of aryl methyl sites for hydroxylation is 1. The first kappa shape index (κ1) is 12.2. The number of carbonyl (C=O) groups is 1. The van der Waals surface area contributed by atoms with Crippen molar-refractivity contribution in [3.05, 3.63) is 29.5 Å². The normalized spacial score (nSPS) is 16.1. The van der Waals surface area contributed by atoms with Crippen LogP contribution in [-0.4, -0.2) is 22.6 Å². The van der Waals surface area contributed by atoms with E-state index in [1.807, 2.05) is 25.1 Å². The lowest BCUT2D eigenvalue weighted by Crippen LogP contribution is -2.28. The summed E-state index contributed by atoms with van der Waals surface area (Å²) >= 11 is 0. The fraction of sp³-hybridized carbons (Fsp3) is 0.467. The van der Waals surface area contributed by atoms with E-state index in [2.05, 4.69) is 15.5 Å². The number of benzene rings is 1. The van der Waals surface area contributed by atoms with Crippen molar-refractivity contribution >= 4 is 16.8 Å². The van der Waals surface area contributed by atoms with Crippen molar-refractivity contribution in [2.75, 3.05) is 6.54 Å². The molecule has 1 heterocycles. The summed E-state index contributed by atoms with van der Waals surface area (Å²) in [6.45, 7) is 2.77. The molecule has 0 atom stereocenters. The Morgan fingerprint density at radius 2 is 2.21 bits per heavy atom. The van der Waals surface area contributed by atoms with E-state index in [0.717, 1.165) is 28.7 Å². The predicted molar refractivity (Wildman–Crippen MR) is 75.1 cm³/mol. The fourth-order valence-electron chi connectivity index (χ4n) is 2.83. The molecular formula is C15H19N3O. The maximum absolute atomic E-state index is 12.1. The first-order valence-corrected chi connectivity index (χ1v) is 6.97. The van der Waals surface area contributed by atoms with Crippen LogP contribution in [0, 0.1) is 12.8 Å². The van der Waals surface area contributed by atoms with Crippen LogP contribution in [0.5, 0.6) is 0 Å². The fourth-order valence-corrected chi connectivity index (χ4v) is 2.83. The number of hydrogen-bond acceptors (Lipinski definition) is 2. The largest absolute Gasteiger partial charge is 0.352 e. The minimum absolute atomic E-state index is 0.0226. The number of nitrogens with one attached hydrogen (secondary N) is 2. The molecule has 1 fully saturated rings. The lowest BCUT2D eigenvalue weighted by molar-refractivity contribution is 0.0947. The van der Waals surface area contributed by atoms with Crippen molar-refractivity contribution in [3.63, 3.8) is 0 Å². The van der Waals surface area contributed by atoms with E-state index < -0.39 is 0 Å². The van der Waals surface area contributed by atoms with Gasteiger partial charge in [0.2, 0.25) is 0 Å². The van der Waals surface area contributed by atoms with Crippen LogP contribution in [0.25, 0.3) is 10.9 Å². The van der Waals surface area contributed by atoms with E-state index in [0.29, 0.717) is 5.92 Å². The molecule has 0 radical (unpaired) electrons. The Morgan fingerprint density at radius 3 is 3.00 bits per heavy atom. The number of aromatic nitrogens is 2. The molecule has 0 bridgehead atoms. The topological polar surface area (TPSA) is 57.8 Å². The number of amides is 1. The van der Waals surface area contributed by atoms with Gasteiger partial charge in [0.05, 0.1) is 5.52 Å². The molecule has 1 amide bonds. The maximum atomic E-state index is 12.1. The number of fused-ring (bicyclic) bond motifs is 1. The molecule has 100 valence electrons. The highest BCUT2D eigenvalue weighted by atomic mass is 16.1. The molecule has 0 saturated heterocycles. The average Bonchev–Trinajstić information content (AvgIpc) is 3.06. The first-order valence-electron chi connectivity index (χ1n) is 6.97. The summed E-state index contributed by atoms with van der Waals surface area (Å²) in [7, 11) is 0. The van der Waals surface area contributed by atoms with Gasteiger partial charge in [-0.25, -0.2) is 0 Å². The van der Waals surface area contributed by atoms with Gasteiger partial charge >= 0.3 is 0 Å². The van der Waals surface area contributed by atoms with Crippen LogP contribution in [0.4, 0.5) is 0 Å². The molecular weight excluding hydrogens is 238 g/mol. The van der Waals surface area contributed by atoms with Crippen molar-refractivity contribution in [3.8, 4) is 0 Å². The Kier molecular flexibility index (Phi) is 3.23. The van der Waals surface area contributed by atoms with E-state index in [1.54, 1.807) is 0 Å². The summed E-state index contributed by atoms with van der Waals surface area (Å²) in [5.41, 5.74) is 2.63. The number of carbonyl (C=O) groups excluding carboxylic acids is 1. The summed E-state index contributed by atoms with van der Waals surface area (Å²) < 4.78 is 0. The van der Waals surface area contributed by atoms with Crippen LogP contribution in [0.3, 0.4) is 0 Å². The Bertz CT molecular complexity index is 596. The highest BCUT2D eigenvalue weighted by Crippen LogP contribution is 2.24. The number of rotatable bonds is 3. The van der Waals surface area contributed by atoms with Crippen molar-refractivity contribution in [2.24, 2.45) is 5.92 Å². The molecule has 1 saturated carbocycles. The second-order valence-electron chi connectivity index (χ2n) is 5.44. The molecule has 0 unspecified atom stereocenters. The van der Waals surface area contributed by atoms with Crippen LogP contribution in [0.2, 0.25) is 0 Å². The maximum Gasteiger partial charge on any atom is 0.251 e. The van der Waals surface area contributed by atoms with Gasteiger partial charge < -0.3 is 5.32 Å². The van der Waals surface area contributed by atoms with Gasteiger partial charge in [-0.15, -0.1) is 0 Å². The standard InChI is InChI=1S/C15H19N3O/c1-10-13-8-12(6-7-14(13)18-17-10)15(19)16-9-11-4-2-3-5-11/h6-8,11H,2-5,9H2,1H3,(H,16,19)(H,17,18). The van der Waals surface area contributed by atoms with Crippen molar-refractivity contribution in [2.45, 2.75) is 32.6 Å². The number of aromatic amines is 1. The number of H-pyrrole nitrogens is 1. The lowest BCUT2D eigenvalue weighted by Gasteiger charge is -2.10. The molecule has 1 aromatic heterocycles. The van der Waals surface area contributed by atoms with E-state index in [1.165, 1.54) is 25.7 Å². The average molecular weight is 257 g/mol. The predicted octanol–water partition coefficient (Wildman–Crippen LogP) is 2.79. The molecule has 19 heavy (non-hydrogen) atoms. The quantitative estimate of drug-likeness (QED) is 0.888. The van der Waals surface area contributed by atoms with E-state index in [-0.39, 0.29) is 5.91 Å².